The maximum atomic E-state index is 11.3. The summed E-state index contributed by atoms with van der Waals surface area (Å²) in [7, 11) is -3.58. The third-order valence-electron chi connectivity index (χ3n) is 6.23. The van der Waals surface area contributed by atoms with Crippen LogP contribution in [0.1, 0.15) is 169 Å². The van der Waals surface area contributed by atoms with E-state index >= 15 is 0 Å². The molecular formula is C37H77Cl2O14PS. The summed E-state index contributed by atoms with van der Waals surface area (Å²) in [5.41, 5.74) is 0. The molecule has 18 heteroatoms. The molecule has 334 valence electrons. The molecule has 0 aliphatic carbocycles. The minimum Gasteiger partial charge on any atom is -0.481 e. The van der Waals surface area contributed by atoms with Crippen LogP contribution in [0.5, 0.6) is 0 Å². The van der Waals surface area contributed by atoms with Crippen molar-refractivity contribution in [3.8, 4) is 0 Å². The van der Waals surface area contributed by atoms with E-state index in [-0.39, 0.29) is 55.2 Å². The zero-order valence-corrected chi connectivity index (χ0v) is 38.0. The van der Waals surface area contributed by atoms with Crippen molar-refractivity contribution >= 4 is 71.7 Å². The lowest BCUT2D eigenvalue weighted by molar-refractivity contribution is -0.144. The van der Waals surface area contributed by atoms with Gasteiger partial charge in [-0.25, -0.2) is 0 Å². The van der Waals surface area contributed by atoms with E-state index in [4.69, 9.17) is 60.8 Å². The van der Waals surface area contributed by atoms with Gasteiger partial charge in [0.25, 0.3) is 0 Å². The Morgan fingerprint density at radius 1 is 0.600 bits per heavy atom. The molecule has 0 radical (unpaired) electrons. The number of aliphatic hydroxyl groups is 2. The number of aliphatic hydroxyl groups excluding tert-OH is 2. The molecule has 0 rings (SSSR count). The third-order valence-corrected chi connectivity index (χ3v) is 6.23. The lowest BCUT2D eigenvalue weighted by atomic mass is 10.1. The number of halogens is 2. The molecule has 0 fully saturated rings. The highest BCUT2D eigenvalue weighted by Crippen LogP contribution is 2.09. The number of carboxylic acids is 2. The Kier molecular flexibility index (Phi) is 73.5. The van der Waals surface area contributed by atoms with E-state index in [0.29, 0.717) is 32.3 Å². The van der Waals surface area contributed by atoms with Crippen molar-refractivity contribution in [3.05, 3.63) is 0 Å². The number of ketones is 2. The lowest BCUT2D eigenvalue weighted by Crippen LogP contribution is -2.09. The molecule has 0 spiro atoms. The molecule has 1 unspecified atom stereocenters. The van der Waals surface area contributed by atoms with Crippen molar-refractivity contribution in [2.45, 2.75) is 176 Å². The first-order chi connectivity index (χ1) is 25.8. The average Bonchev–Trinajstić information content (AvgIpc) is 3.09. The minimum absolute atomic E-state index is 0.0212. The van der Waals surface area contributed by atoms with Gasteiger partial charge >= 0.3 is 28.3 Å². The Labute approximate surface area is 344 Å². The van der Waals surface area contributed by atoms with Gasteiger partial charge in [0.2, 0.25) is 0 Å². The normalized spacial score (nSPS) is 10.1. The second kappa shape index (κ2) is 59.2. The smallest absolute Gasteiger partial charge is 0.394 e. The van der Waals surface area contributed by atoms with Crippen LogP contribution in [-0.4, -0.2) is 105 Å². The number of hydrogen-bond donors (Lipinski definition) is 6. The summed E-state index contributed by atoms with van der Waals surface area (Å²) in [5.74, 6) is -1.72. The predicted octanol–water partition coefficient (Wildman–Crippen LogP) is 9.13. The van der Waals surface area contributed by atoms with Gasteiger partial charge in [0.15, 0.2) is 0 Å². The number of carboxylic acid groups (broad SMARTS) is 2. The quantitative estimate of drug-likeness (QED) is 0.0165. The number of rotatable bonds is 25. The van der Waals surface area contributed by atoms with E-state index < -0.39 is 28.4 Å². The Morgan fingerprint density at radius 2 is 0.927 bits per heavy atom. The summed E-state index contributed by atoms with van der Waals surface area (Å²) in [6.45, 7) is 14.8. The van der Waals surface area contributed by atoms with E-state index in [1.54, 1.807) is 13.8 Å². The highest BCUT2D eigenvalue weighted by Gasteiger charge is 2.08. The Morgan fingerprint density at radius 3 is 1.24 bits per heavy atom. The van der Waals surface area contributed by atoms with Gasteiger partial charge in [-0.15, -0.1) is 31.8 Å². The number of carbonyl (C=O) groups excluding carboxylic acids is 3. The average molecular weight is 880 g/mol. The van der Waals surface area contributed by atoms with E-state index in [1.807, 2.05) is 0 Å². The van der Waals surface area contributed by atoms with E-state index in [1.165, 1.54) is 25.7 Å². The lowest BCUT2D eigenvalue weighted by Gasteiger charge is -2.07. The molecule has 0 aromatic carbocycles. The molecule has 0 heterocycles. The van der Waals surface area contributed by atoms with Crippen molar-refractivity contribution < 1.29 is 66.7 Å². The number of esters is 1. The molecule has 0 aromatic rings. The summed E-state index contributed by atoms with van der Waals surface area (Å²) in [6, 6.07) is 0. The molecular weight excluding hydrogens is 802 g/mol. The molecule has 0 amide bonds. The Bertz CT molecular complexity index is 930. The van der Waals surface area contributed by atoms with Crippen LogP contribution in [0.15, 0.2) is 0 Å². The summed E-state index contributed by atoms with van der Waals surface area (Å²) in [6.07, 6.45) is 16.0. The molecule has 0 saturated carbocycles. The fourth-order valence-electron chi connectivity index (χ4n) is 3.71. The van der Waals surface area contributed by atoms with E-state index in [0.717, 1.165) is 66.4 Å². The van der Waals surface area contributed by atoms with Gasteiger partial charge < -0.3 is 25.2 Å². The van der Waals surface area contributed by atoms with E-state index in [9.17, 15) is 29.1 Å². The topological polar surface area (TPSA) is 250 Å². The monoisotopic (exact) mass is 878 g/mol. The highest BCUT2D eigenvalue weighted by molar-refractivity contribution is 7.79. The molecule has 0 saturated heterocycles. The Hall–Kier alpha value is -1.45. The van der Waals surface area contributed by atoms with Crippen LogP contribution in [-0.2, 0) is 39.1 Å². The number of aliphatic carboxylic acids is 2. The fourth-order valence-corrected chi connectivity index (χ4v) is 3.71. The van der Waals surface area contributed by atoms with Gasteiger partial charge in [-0.1, -0.05) is 85.0 Å². The number of Topliss-reactive ketones (excluding diaryl/α,β-unsaturated/α-hetero) is 2. The number of ether oxygens (including phenoxy) is 1. The molecule has 1 atom stereocenters. The maximum Gasteiger partial charge on any atom is 0.394 e. The zero-order valence-electron chi connectivity index (χ0n) is 34.7. The molecule has 0 aliphatic rings. The minimum atomic E-state index is -4.67. The molecule has 55 heavy (non-hydrogen) atoms. The van der Waals surface area contributed by atoms with Crippen molar-refractivity contribution in [2.75, 3.05) is 31.9 Å². The summed E-state index contributed by atoms with van der Waals surface area (Å²) in [5, 5.41) is 33.8. The van der Waals surface area contributed by atoms with E-state index in [2.05, 4.69) is 34.1 Å². The second-order valence-corrected chi connectivity index (χ2v) is 14.4. The van der Waals surface area contributed by atoms with Crippen molar-refractivity contribution in [2.24, 2.45) is 0 Å². The molecule has 0 aliphatic heterocycles. The van der Waals surface area contributed by atoms with Crippen molar-refractivity contribution in [1.29, 1.82) is 0 Å². The summed E-state index contributed by atoms with van der Waals surface area (Å²) < 4.78 is 36.3. The summed E-state index contributed by atoms with van der Waals surface area (Å²) >= 11 is 9.53. The first kappa shape index (κ1) is 68.2. The van der Waals surface area contributed by atoms with Gasteiger partial charge in [-0.2, -0.15) is 8.42 Å². The SMILES string of the molecule is CCCCCCC(=O)CCC(=O)O.CCCCCCC(=O)CCC(=O)OCC.CCCCCCC(O)CCC(=O)O.CCO.CPC.ClCCl.O=S(=O)(O)O. The van der Waals surface area contributed by atoms with Crippen LogP contribution < -0.4 is 0 Å². The van der Waals surface area contributed by atoms with Crippen LogP contribution in [0, 0.1) is 0 Å². The molecule has 6 N–H and O–H groups in total. The van der Waals surface area contributed by atoms with Gasteiger partial charge in [-0.05, 0) is 52.9 Å². The van der Waals surface area contributed by atoms with Crippen LogP contribution >= 0.6 is 31.8 Å². The predicted molar refractivity (Wildman–Crippen MR) is 226 cm³/mol. The van der Waals surface area contributed by atoms with Crippen molar-refractivity contribution in [3.63, 3.8) is 0 Å². The second-order valence-electron chi connectivity index (χ2n) is 11.7. The van der Waals surface area contributed by atoms with Crippen LogP contribution in [0.3, 0.4) is 0 Å². The maximum absolute atomic E-state index is 11.3. The number of carbonyl (C=O) groups is 5. The summed E-state index contributed by atoms with van der Waals surface area (Å²) in [4.78, 5) is 53.6. The number of alkyl halides is 2. The molecule has 0 aromatic heterocycles. The molecule has 0 bridgehead atoms. The zero-order chi connectivity index (χ0) is 44.3. The van der Waals surface area contributed by atoms with Gasteiger partial charge in [0.05, 0.1) is 30.9 Å². The Balaban J connectivity index is -0.000000107. The van der Waals surface area contributed by atoms with Crippen LogP contribution in [0.2, 0.25) is 0 Å². The van der Waals surface area contributed by atoms with Crippen LogP contribution in [0.25, 0.3) is 0 Å². The molecule has 14 nitrogen and oxygen atoms in total. The number of unbranched alkanes of at least 4 members (excludes halogenated alkanes) is 9. The third kappa shape index (κ3) is 112. The number of hydrogen-bond acceptors (Lipinski definition) is 10. The largest absolute Gasteiger partial charge is 0.481 e. The first-order valence-corrected chi connectivity index (χ1v) is 23.6. The fraction of sp³-hybridized carbons (Fsp3) is 0.865. The van der Waals surface area contributed by atoms with Gasteiger partial charge in [-0.3, -0.25) is 33.1 Å². The highest BCUT2D eigenvalue weighted by atomic mass is 35.5. The first-order valence-electron chi connectivity index (χ1n) is 19.1. The van der Waals surface area contributed by atoms with Crippen LogP contribution in [0.4, 0.5) is 0 Å². The standard InChI is InChI=1S/C12H22O3.C10H20O3.C10H18O3.C2H6O.C2H7P.CH2Cl2.H2O4S/c1-3-5-6-7-8-11(13)9-10-12(14)15-4-2;2*1-2-3-4-5-6-9(11)7-8-10(12)13;1-2-3;1-3-2;2-1-3;1-5(2,3)4/h3-10H2,1-2H3;9,11H,2-8H2,1H3,(H,12,13);2-8H2,1H3,(H,12,13);3H,2H2,1H3;3H,1-2H3;1H2;(H2,1,2,3,4). The van der Waals surface area contributed by atoms with Gasteiger partial charge in [0.1, 0.15) is 11.6 Å². The van der Waals surface area contributed by atoms with Crippen molar-refractivity contribution in [1.82, 2.24) is 0 Å². The van der Waals surface area contributed by atoms with Gasteiger partial charge in [0, 0.05) is 38.7 Å².